The molecule has 2 aromatic carbocycles. The molecule has 2 heteroatoms. The summed E-state index contributed by atoms with van der Waals surface area (Å²) in [6.45, 7) is 2.02. The second-order valence-electron chi connectivity index (χ2n) is 3.80. The van der Waals surface area contributed by atoms with Gasteiger partial charge in [-0.25, -0.2) is 4.39 Å². The van der Waals surface area contributed by atoms with Crippen molar-refractivity contribution in [1.82, 2.24) is 0 Å². The molecule has 0 fully saturated rings. The van der Waals surface area contributed by atoms with Gasteiger partial charge >= 0.3 is 0 Å². The van der Waals surface area contributed by atoms with Gasteiger partial charge in [-0.05, 0) is 30.2 Å². The van der Waals surface area contributed by atoms with Crippen molar-refractivity contribution in [3.63, 3.8) is 0 Å². The smallest absolute Gasteiger partial charge is 0.128 e. The molecule has 0 amide bonds. The Morgan fingerprint density at radius 3 is 2.50 bits per heavy atom. The zero-order valence-electron chi connectivity index (χ0n) is 9.00. The molecule has 0 spiro atoms. The number of benzene rings is 2. The van der Waals surface area contributed by atoms with Crippen LogP contribution in [0.15, 0.2) is 42.5 Å². The highest BCUT2D eigenvalue weighted by Gasteiger charge is 2.08. The summed E-state index contributed by atoms with van der Waals surface area (Å²) in [7, 11) is 0. The molecule has 0 N–H and O–H groups in total. The molecule has 2 rings (SSSR count). The van der Waals surface area contributed by atoms with E-state index < -0.39 is 0 Å². The molecule has 0 unspecified atom stereocenters. The molecule has 16 heavy (non-hydrogen) atoms. The van der Waals surface area contributed by atoms with E-state index >= 15 is 0 Å². The lowest BCUT2D eigenvalue weighted by atomic mass is 10.0. The van der Waals surface area contributed by atoms with Crippen molar-refractivity contribution in [2.45, 2.75) is 13.3 Å². The van der Waals surface area contributed by atoms with E-state index in [2.05, 4.69) is 0 Å². The molecule has 0 heterocycles. The van der Waals surface area contributed by atoms with E-state index in [1.54, 1.807) is 12.1 Å². The third kappa shape index (κ3) is 2.25. The standard InChI is InChI=1S/C14H12ClF/c1-10-5-2-3-6-11(10)9-12-13(15)7-4-8-14(12)16/h2-8H,9H2,1H3. The number of rotatable bonds is 2. The van der Waals surface area contributed by atoms with Crippen molar-refractivity contribution >= 4 is 11.6 Å². The second-order valence-corrected chi connectivity index (χ2v) is 4.21. The van der Waals surface area contributed by atoms with E-state index in [-0.39, 0.29) is 5.82 Å². The van der Waals surface area contributed by atoms with Crippen LogP contribution >= 0.6 is 11.6 Å². The lowest BCUT2D eigenvalue weighted by Crippen LogP contribution is -1.95. The van der Waals surface area contributed by atoms with E-state index in [1.807, 2.05) is 31.2 Å². The van der Waals surface area contributed by atoms with E-state index in [4.69, 9.17) is 11.6 Å². The summed E-state index contributed by atoms with van der Waals surface area (Å²) in [5.41, 5.74) is 2.83. The average Bonchev–Trinajstić information content (AvgIpc) is 2.26. The van der Waals surface area contributed by atoms with Gasteiger partial charge in [0.15, 0.2) is 0 Å². The molecular weight excluding hydrogens is 223 g/mol. The van der Waals surface area contributed by atoms with Crippen molar-refractivity contribution in [2.24, 2.45) is 0 Å². The Kier molecular flexibility index (Phi) is 3.25. The fourth-order valence-corrected chi connectivity index (χ4v) is 1.93. The molecule has 0 bridgehead atoms. The van der Waals surface area contributed by atoms with Crippen molar-refractivity contribution in [3.8, 4) is 0 Å². The Labute approximate surface area is 99.7 Å². The van der Waals surface area contributed by atoms with Crippen LogP contribution in [0, 0.1) is 12.7 Å². The van der Waals surface area contributed by atoms with Crippen molar-refractivity contribution in [2.75, 3.05) is 0 Å². The highest BCUT2D eigenvalue weighted by molar-refractivity contribution is 6.31. The van der Waals surface area contributed by atoms with Crippen LogP contribution < -0.4 is 0 Å². The van der Waals surface area contributed by atoms with Crippen LogP contribution in [0.3, 0.4) is 0 Å². The summed E-state index contributed by atoms with van der Waals surface area (Å²) in [6.07, 6.45) is 0.540. The number of hydrogen-bond acceptors (Lipinski definition) is 0. The molecule has 82 valence electrons. The topological polar surface area (TPSA) is 0 Å². The number of halogens is 2. The van der Waals surface area contributed by atoms with Gasteiger partial charge in [0.2, 0.25) is 0 Å². The highest BCUT2D eigenvalue weighted by Crippen LogP contribution is 2.23. The molecule has 0 aliphatic carbocycles. The van der Waals surface area contributed by atoms with Gasteiger partial charge in [0.25, 0.3) is 0 Å². The summed E-state index contributed by atoms with van der Waals surface area (Å²) in [5.74, 6) is -0.240. The zero-order chi connectivity index (χ0) is 11.5. The molecule has 0 atom stereocenters. The normalized spacial score (nSPS) is 10.4. The minimum absolute atomic E-state index is 0.240. The fourth-order valence-electron chi connectivity index (χ4n) is 1.70. The van der Waals surface area contributed by atoms with E-state index in [0.717, 1.165) is 11.1 Å². The van der Waals surface area contributed by atoms with Crippen LogP contribution in [0.2, 0.25) is 5.02 Å². The molecular formula is C14H12ClF. The predicted molar refractivity (Wildman–Crippen MR) is 65.4 cm³/mol. The quantitative estimate of drug-likeness (QED) is 0.724. The van der Waals surface area contributed by atoms with E-state index in [0.29, 0.717) is 17.0 Å². The third-order valence-corrected chi connectivity index (χ3v) is 3.04. The van der Waals surface area contributed by atoms with E-state index in [9.17, 15) is 4.39 Å². The fraction of sp³-hybridized carbons (Fsp3) is 0.143. The largest absolute Gasteiger partial charge is 0.207 e. The first-order valence-electron chi connectivity index (χ1n) is 5.16. The van der Waals surface area contributed by atoms with Gasteiger partial charge in [0, 0.05) is 17.0 Å². The van der Waals surface area contributed by atoms with Crippen molar-refractivity contribution in [3.05, 3.63) is 70.0 Å². The Balaban J connectivity index is 2.38. The lowest BCUT2D eigenvalue weighted by Gasteiger charge is -2.08. The van der Waals surface area contributed by atoms with Gasteiger partial charge in [-0.1, -0.05) is 41.9 Å². The maximum Gasteiger partial charge on any atom is 0.128 e. The predicted octanol–water partition coefficient (Wildman–Crippen LogP) is 4.38. The maximum absolute atomic E-state index is 13.6. The molecule has 2 aromatic rings. The van der Waals surface area contributed by atoms with Crippen LogP contribution in [0.1, 0.15) is 16.7 Å². The van der Waals surface area contributed by atoms with Crippen molar-refractivity contribution in [1.29, 1.82) is 0 Å². The minimum atomic E-state index is -0.240. The van der Waals surface area contributed by atoms with Crippen LogP contribution in [-0.2, 0) is 6.42 Å². The molecule has 0 aliphatic heterocycles. The van der Waals surface area contributed by atoms with Crippen LogP contribution in [0.4, 0.5) is 4.39 Å². The molecule has 0 saturated carbocycles. The highest BCUT2D eigenvalue weighted by atomic mass is 35.5. The van der Waals surface area contributed by atoms with Gasteiger partial charge in [-0.3, -0.25) is 0 Å². The Morgan fingerprint density at radius 1 is 1.06 bits per heavy atom. The van der Waals surface area contributed by atoms with Crippen LogP contribution in [-0.4, -0.2) is 0 Å². The Bertz CT molecular complexity index is 486. The monoisotopic (exact) mass is 234 g/mol. The van der Waals surface area contributed by atoms with Gasteiger partial charge in [-0.2, -0.15) is 0 Å². The van der Waals surface area contributed by atoms with Gasteiger partial charge in [-0.15, -0.1) is 0 Å². The summed E-state index contributed by atoms with van der Waals surface area (Å²) >= 11 is 5.99. The molecule has 0 saturated heterocycles. The number of aryl methyl sites for hydroxylation is 1. The number of hydrogen-bond donors (Lipinski definition) is 0. The first-order chi connectivity index (χ1) is 7.68. The summed E-state index contributed by atoms with van der Waals surface area (Å²) in [5, 5.41) is 0.489. The summed E-state index contributed by atoms with van der Waals surface area (Å²) in [6, 6.07) is 12.7. The molecule has 0 radical (unpaired) electrons. The maximum atomic E-state index is 13.6. The average molecular weight is 235 g/mol. The molecule has 0 nitrogen and oxygen atoms in total. The lowest BCUT2D eigenvalue weighted by molar-refractivity contribution is 0.614. The SMILES string of the molecule is Cc1ccccc1Cc1c(F)cccc1Cl. The Hall–Kier alpha value is -1.34. The van der Waals surface area contributed by atoms with Crippen LogP contribution in [0.25, 0.3) is 0 Å². The second kappa shape index (κ2) is 4.67. The Morgan fingerprint density at radius 2 is 1.81 bits per heavy atom. The summed E-state index contributed by atoms with van der Waals surface area (Å²) < 4.78 is 13.6. The summed E-state index contributed by atoms with van der Waals surface area (Å²) in [4.78, 5) is 0. The van der Waals surface area contributed by atoms with Gasteiger partial charge in [0.1, 0.15) is 5.82 Å². The molecule has 0 aromatic heterocycles. The van der Waals surface area contributed by atoms with Crippen LogP contribution in [0.5, 0.6) is 0 Å². The van der Waals surface area contributed by atoms with Crippen molar-refractivity contribution < 1.29 is 4.39 Å². The third-order valence-electron chi connectivity index (χ3n) is 2.69. The van der Waals surface area contributed by atoms with E-state index in [1.165, 1.54) is 6.07 Å². The first-order valence-corrected chi connectivity index (χ1v) is 5.53. The first kappa shape index (κ1) is 11.2. The van der Waals surface area contributed by atoms with Gasteiger partial charge < -0.3 is 0 Å². The zero-order valence-corrected chi connectivity index (χ0v) is 9.76. The van der Waals surface area contributed by atoms with Gasteiger partial charge in [0.05, 0.1) is 0 Å². The minimum Gasteiger partial charge on any atom is -0.207 e. The molecule has 0 aliphatic rings.